The summed E-state index contributed by atoms with van der Waals surface area (Å²) in [4.78, 5) is 41.0. The predicted molar refractivity (Wildman–Crippen MR) is 125 cm³/mol. The van der Waals surface area contributed by atoms with Crippen molar-refractivity contribution in [2.24, 2.45) is 5.92 Å². The fourth-order valence-electron chi connectivity index (χ4n) is 5.68. The normalized spacial score (nSPS) is 25.7. The van der Waals surface area contributed by atoms with Crippen molar-refractivity contribution in [1.82, 2.24) is 4.90 Å². The molecule has 2 bridgehead atoms. The lowest BCUT2D eigenvalue weighted by atomic mass is 9.61. The van der Waals surface area contributed by atoms with E-state index in [1.54, 1.807) is 29.2 Å². The summed E-state index contributed by atoms with van der Waals surface area (Å²) in [5, 5.41) is 12.4. The molecule has 3 aromatic carbocycles. The highest BCUT2D eigenvalue weighted by atomic mass is 16.6. The Bertz CT molecular complexity index is 1230. The van der Waals surface area contributed by atoms with Gasteiger partial charge in [-0.25, -0.2) is 0 Å². The topological polar surface area (TPSA) is 89.8 Å². The molecule has 0 aromatic heterocycles. The predicted octanol–water partition coefficient (Wildman–Crippen LogP) is 4.28. The van der Waals surface area contributed by atoms with Crippen LogP contribution in [-0.2, 0) is 4.79 Å². The molecule has 1 saturated carbocycles. The van der Waals surface area contributed by atoms with E-state index < -0.39 is 30.0 Å². The lowest BCUT2D eigenvalue weighted by molar-refractivity contribution is -0.541. The number of methoxy groups -OCH3 is 1. The molecule has 5 atom stereocenters. The van der Waals surface area contributed by atoms with E-state index in [-0.39, 0.29) is 23.0 Å². The van der Waals surface area contributed by atoms with Gasteiger partial charge in [0.25, 0.3) is 5.91 Å². The number of ether oxygens (including phenoxy) is 1. The van der Waals surface area contributed by atoms with Crippen molar-refractivity contribution in [2.45, 2.75) is 30.5 Å². The van der Waals surface area contributed by atoms with Gasteiger partial charge in [-0.05, 0) is 29.3 Å². The van der Waals surface area contributed by atoms with E-state index in [2.05, 4.69) is 0 Å². The van der Waals surface area contributed by atoms with E-state index in [4.69, 9.17) is 4.74 Å². The number of Topliss-reactive ketones (excluding diaryl/α,β-unsaturated/α-hetero) is 1. The number of piperidine rings is 2. The van der Waals surface area contributed by atoms with Gasteiger partial charge in [-0.15, -0.1) is 0 Å². The highest BCUT2D eigenvalue weighted by molar-refractivity contribution is 5.98. The van der Waals surface area contributed by atoms with Crippen LogP contribution in [0.25, 0.3) is 0 Å². The number of nitrogens with zero attached hydrogens (tertiary/aromatic N) is 2. The lowest BCUT2D eigenvalue weighted by Crippen LogP contribution is -2.67. The van der Waals surface area contributed by atoms with Crippen molar-refractivity contribution in [3.63, 3.8) is 0 Å². The summed E-state index contributed by atoms with van der Waals surface area (Å²) in [7, 11) is 1.52. The second kappa shape index (κ2) is 8.74. The summed E-state index contributed by atoms with van der Waals surface area (Å²) in [5.74, 6) is -1.20. The highest BCUT2D eigenvalue weighted by Crippen LogP contribution is 2.53. The number of amides is 1. The van der Waals surface area contributed by atoms with Crippen LogP contribution in [0.1, 0.15) is 39.9 Å². The minimum absolute atomic E-state index is 0.0291. The molecular weight excluding hydrogens is 432 g/mol. The molecule has 2 saturated heterocycles. The molecule has 0 N–H and O–H groups in total. The summed E-state index contributed by atoms with van der Waals surface area (Å²) in [6.07, 6.45) is -0.0291. The van der Waals surface area contributed by atoms with Gasteiger partial charge >= 0.3 is 0 Å². The third-order valence-electron chi connectivity index (χ3n) is 7.05. The van der Waals surface area contributed by atoms with Gasteiger partial charge in [0, 0.05) is 16.9 Å². The molecule has 3 fully saturated rings. The van der Waals surface area contributed by atoms with E-state index in [0.29, 0.717) is 11.3 Å². The number of hydrogen-bond acceptors (Lipinski definition) is 5. The van der Waals surface area contributed by atoms with Crippen LogP contribution >= 0.6 is 0 Å². The van der Waals surface area contributed by atoms with E-state index in [1.165, 1.54) is 7.11 Å². The molecule has 1 amide bonds. The Labute approximate surface area is 197 Å². The summed E-state index contributed by atoms with van der Waals surface area (Å²) in [6, 6.07) is 22.8. The molecule has 3 aliphatic rings. The Balaban J connectivity index is 1.69. The van der Waals surface area contributed by atoms with Crippen LogP contribution in [0.3, 0.4) is 0 Å². The first-order chi connectivity index (χ1) is 16.5. The van der Waals surface area contributed by atoms with E-state index in [9.17, 15) is 19.7 Å². The molecule has 1 aliphatic carbocycles. The van der Waals surface area contributed by atoms with Gasteiger partial charge in [-0.1, -0.05) is 66.7 Å². The zero-order valence-corrected chi connectivity index (χ0v) is 18.6. The standard InChI is InChI=1S/C27H24N2O5/c1-34-20-14-8-13-19(15-20)27(31)28-21-16-22(30)24(25(28)18-11-6-3-7-12-18)23(26(21)29(32)33)17-9-4-2-5-10-17/h2-15,21,23-26H,16H2,1H3/t21-,23-,24+,25+,26-/m1/s1. The van der Waals surface area contributed by atoms with Gasteiger partial charge in [-0.3, -0.25) is 19.7 Å². The van der Waals surface area contributed by atoms with Gasteiger partial charge in [0.1, 0.15) is 17.6 Å². The van der Waals surface area contributed by atoms with Crippen LogP contribution in [0.15, 0.2) is 84.9 Å². The average Bonchev–Trinajstić information content (AvgIpc) is 2.88. The van der Waals surface area contributed by atoms with Gasteiger partial charge in [-0.2, -0.15) is 0 Å². The first-order valence-corrected chi connectivity index (χ1v) is 11.2. The second-order valence-electron chi connectivity index (χ2n) is 8.78. The van der Waals surface area contributed by atoms with E-state index in [0.717, 1.165) is 11.1 Å². The van der Waals surface area contributed by atoms with Crippen molar-refractivity contribution >= 4 is 11.7 Å². The summed E-state index contributed by atoms with van der Waals surface area (Å²) in [6.45, 7) is 0. The van der Waals surface area contributed by atoms with Crippen LogP contribution in [0, 0.1) is 16.0 Å². The molecule has 7 nitrogen and oxygen atoms in total. The van der Waals surface area contributed by atoms with E-state index in [1.807, 2.05) is 60.7 Å². The maximum absolute atomic E-state index is 13.9. The number of ketones is 1. The van der Waals surface area contributed by atoms with Gasteiger partial charge in [0.15, 0.2) is 0 Å². The first-order valence-electron chi connectivity index (χ1n) is 11.2. The molecule has 2 aliphatic heterocycles. The van der Waals surface area contributed by atoms with Crippen molar-refractivity contribution in [1.29, 1.82) is 0 Å². The highest BCUT2D eigenvalue weighted by Gasteiger charge is 2.63. The van der Waals surface area contributed by atoms with Crippen LogP contribution in [0.5, 0.6) is 5.75 Å². The van der Waals surface area contributed by atoms with Gasteiger partial charge in [0.05, 0.1) is 25.0 Å². The molecule has 2 heterocycles. The van der Waals surface area contributed by atoms with Crippen LogP contribution in [0.4, 0.5) is 0 Å². The molecule has 3 aromatic rings. The van der Waals surface area contributed by atoms with Crippen molar-refractivity contribution in [2.75, 3.05) is 7.11 Å². The monoisotopic (exact) mass is 456 g/mol. The van der Waals surface area contributed by atoms with Crippen LogP contribution in [-0.4, -0.2) is 40.7 Å². The number of carbonyl (C=O) groups is 2. The molecule has 0 spiro atoms. The lowest BCUT2D eigenvalue weighted by Gasteiger charge is -2.54. The van der Waals surface area contributed by atoms with Gasteiger partial charge < -0.3 is 9.64 Å². The Morgan fingerprint density at radius 3 is 2.21 bits per heavy atom. The third kappa shape index (κ3) is 3.53. The number of hydrogen-bond donors (Lipinski definition) is 0. The Kier molecular flexibility index (Phi) is 5.61. The Morgan fingerprint density at radius 2 is 1.59 bits per heavy atom. The van der Waals surface area contributed by atoms with Crippen molar-refractivity contribution in [3.8, 4) is 5.75 Å². The molecule has 6 rings (SSSR count). The first kappa shape index (κ1) is 21.8. The second-order valence-corrected chi connectivity index (χ2v) is 8.78. The number of benzene rings is 3. The molecule has 0 radical (unpaired) electrons. The quantitative estimate of drug-likeness (QED) is 0.422. The van der Waals surface area contributed by atoms with Crippen LogP contribution < -0.4 is 4.74 Å². The van der Waals surface area contributed by atoms with E-state index >= 15 is 0 Å². The van der Waals surface area contributed by atoms with Crippen molar-refractivity contribution < 1.29 is 19.2 Å². The Morgan fingerprint density at radius 1 is 0.941 bits per heavy atom. The largest absolute Gasteiger partial charge is 0.497 e. The summed E-state index contributed by atoms with van der Waals surface area (Å²) < 4.78 is 5.28. The molecule has 34 heavy (non-hydrogen) atoms. The molecular formula is C27H24N2O5. The minimum Gasteiger partial charge on any atom is -0.497 e. The smallest absolute Gasteiger partial charge is 0.255 e. The molecule has 0 unspecified atom stereocenters. The summed E-state index contributed by atoms with van der Waals surface area (Å²) >= 11 is 0. The maximum atomic E-state index is 13.9. The summed E-state index contributed by atoms with van der Waals surface area (Å²) in [5.41, 5.74) is 1.92. The van der Waals surface area contributed by atoms with Gasteiger partial charge in [0.2, 0.25) is 6.04 Å². The minimum atomic E-state index is -1.08. The van der Waals surface area contributed by atoms with Crippen molar-refractivity contribution in [3.05, 3.63) is 112 Å². The average molecular weight is 456 g/mol. The third-order valence-corrected chi connectivity index (χ3v) is 7.05. The zero-order chi connectivity index (χ0) is 23.8. The van der Waals surface area contributed by atoms with Crippen LogP contribution in [0.2, 0.25) is 0 Å². The zero-order valence-electron chi connectivity index (χ0n) is 18.6. The number of nitro groups is 1. The molecule has 172 valence electrons. The fraction of sp³-hybridized carbons (Fsp3) is 0.259. The fourth-order valence-corrected chi connectivity index (χ4v) is 5.68. The SMILES string of the molecule is COc1cccc(C(=O)N2[C@@H]3CC(=O)[C@@H]([C@@H](c4ccccc4)[C@@H]3[N+](=O)[O-])[C@@H]2c2ccccc2)c1. The maximum Gasteiger partial charge on any atom is 0.255 e. The number of carbonyl (C=O) groups excluding carboxylic acids is 2. The molecule has 7 heteroatoms. The number of rotatable bonds is 5. The Hall–Kier alpha value is -4.00. The number of fused-ring (bicyclic) bond motifs is 3.